The van der Waals surface area contributed by atoms with Crippen LogP contribution in [0, 0.1) is 5.82 Å². The number of carbonyl (C=O) groups is 1. The average Bonchev–Trinajstić information content (AvgIpc) is 2.96. The number of carbonyl (C=O) groups excluding carboxylic acids is 1. The summed E-state index contributed by atoms with van der Waals surface area (Å²) in [4.78, 5) is 12.3. The highest BCUT2D eigenvalue weighted by Crippen LogP contribution is 2.26. The van der Waals surface area contributed by atoms with Crippen LogP contribution in [0.5, 0.6) is 5.75 Å². The topological polar surface area (TPSA) is 69.0 Å². The van der Waals surface area contributed by atoms with Gasteiger partial charge in [-0.1, -0.05) is 18.6 Å². The van der Waals surface area contributed by atoms with E-state index in [1.54, 1.807) is 0 Å². The van der Waals surface area contributed by atoms with Crippen LogP contribution in [0.2, 0.25) is 0 Å². The maximum absolute atomic E-state index is 13.1. The third-order valence-electron chi connectivity index (χ3n) is 4.77. The largest absolute Gasteiger partial charge is 0.483 e. The highest BCUT2D eigenvalue weighted by molar-refractivity contribution is 9.10. The van der Waals surface area contributed by atoms with Crippen molar-refractivity contribution in [2.45, 2.75) is 32.2 Å². The quantitative estimate of drug-likeness (QED) is 0.606. The van der Waals surface area contributed by atoms with Gasteiger partial charge < -0.3 is 14.6 Å². The Balaban J connectivity index is 1.44. The van der Waals surface area contributed by atoms with Crippen molar-refractivity contribution in [1.82, 2.24) is 14.8 Å². The molecular weight excluding hydrogens is 439 g/mol. The number of hydrogen-bond donors (Lipinski definition) is 1. The number of amides is 1. The van der Waals surface area contributed by atoms with Crippen LogP contribution in [0.1, 0.15) is 25.1 Å². The van der Waals surface area contributed by atoms with Crippen LogP contribution >= 0.6 is 15.9 Å². The number of nitrogens with one attached hydrogen (secondary N) is 1. The van der Waals surface area contributed by atoms with Crippen LogP contribution < -0.4 is 10.1 Å². The first-order valence-electron chi connectivity index (χ1n) is 9.50. The molecule has 0 saturated heterocycles. The molecule has 6 nitrogen and oxygen atoms in total. The van der Waals surface area contributed by atoms with Gasteiger partial charge >= 0.3 is 0 Å². The Hall–Kier alpha value is -2.74. The second kappa shape index (κ2) is 8.73. The molecule has 1 aliphatic heterocycles. The summed E-state index contributed by atoms with van der Waals surface area (Å²) in [6.45, 7) is 0.726. The van der Waals surface area contributed by atoms with Crippen molar-refractivity contribution in [3.63, 3.8) is 0 Å². The van der Waals surface area contributed by atoms with E-state index in [1.165, 1.54) is 24.6 Å². The lowest BCUT2D eigenvalue weighted by Gasteiger charge is -2.11. The predicted molar refractivity (Wildman–Crippen MR) is 111 cm³/mol. The molecule has 1 N–H and O–H groups in total. The second-order valence-corrected chi connectivity index (χ2v) is 7.75. The van der Waals surface area contributed by atoms with E-state index >= 15 is 0 Å². The monoisotopic (exact) mass is 458 g/mol. The standard InChI is InChI=1S/C21H20BrFN4O2/c22-17-12-15(23)8-9-18(17)29-13-20(28)24-16-6-4-5-14(11-16)21-26-25-19-7-2-1-3-10-27(19)21/h4-6,8-9,11-12H,1-3,7,10,13H2,(H,24,28). The molecule has 0 radical (unpaired) electrons. The van der Waals surface area contributed by atoms with Crippen LogP contribution in [0.4, 0.5) is 10.1 Å². The van der Waals surface area contributed by atoms with Gasteiger partial charge in [-0.05, 0) is 59.1 Å². The fourth-order valence-electron chi connectivity index (χ4n) is 3.37. The average molecular weight is 459 g/mol. The van der Waals surface area contributed by atoms with Crippen LogP contribution in [-0.2, 0) is 17.8 Å². The van der Waals surface area contributed by atoms with Gasteiger partial charge in [-0.15, -0.1) is 10.2 Å². The van der Waals surface area contributed by atoms with E-state index in [0.29, 0.717) is 15.9 Å². The van der Waals surface area contributed by atoms with Gasteiger partial charge in [0.25, 0.3) is 5.91 Å². The number of rotatable bonds is 5. The van der Waals surface area contributed by atoms with Gasteiger partial charge in [0.05, 0.1) is 4.47 Å². The van der Waals surface area contributed by atoms with Crippen molar-refractivity contribution >= 4 is 27.5 Å². The Kier molecular flexibility index (Phi) is 5.89. The Labute approximate surface area is 176 Å². The van der Waals surface area contributed by atoms with Gasteiger partial charge in [0.1, 0.15) is 17.4 Å². The lowest BCUT2D eigenvalue weighted by atomic mass is 10.2. The van der Waals surface area contributed by atoms with E-state index in [4.69, 9.17) is 4.74 Å². The number of hydrogen-bond acceptors (Lipinski definition) is 4. The molecular formula is C21H20BrFN4O2. The highest BCUT2D eigenvalue weighted by Gasteiger charge is 2.16. The van der Waals surface area contributed by atoms with Gasteiger partial charge in [-0.3, -0.25) is 4.79 Å². The molecule has 1 aromatic heterocycles. The molecule has 0 fully saturated rings. The first kappa shape index (κ1) is 19.6. The summed E-state index contributed by atoms with van der Waals surface area (Å²) in [5, 5.41) is 11.5. The SMILES string of the molecule is O=C(COc1ccc(F)cc1Br)Nc1cccc(-c2nnc3n2CCCCC3)c1. The van der Waals surface area contributed by atoms with E-state index in [-0.39, 0.29) is 18.3 Å². The Morgan fingerprint density at radius 1 is 1.17 bits per heavy atom. The van der Waals surface area contributed by atoms with Crippen molar-refractivity contribution in [1.29, 1.82) is 0 Å². The highest BCUT2D eigenvalue weighted by atomic mass is 79.9. The summed E-state index contributed by atoms with van der Waals surface area (Å²) < 4.78 is 21.2. The summed E-state index contributed by atoms with van der Waals surface area (Å²) in [6.07, 6.45) is 4.39. The Bertz CT molecular complexity index is 1040. The number of halogens is 2. The second-order valence-electron chi connectivity index (χ2n) is 6.89. The maximum atomic E-state index is 13.1. The summed E-state index contributed by atoms with van der Waals surface area (Å²) in [5.41, 5.74) is 1.56. The van der Waals surface area contributed by atoms with E-state index in [2.05, 4.69) is 36.0 Å². The minimum absolute atomic E-state index is 0.186. The van der Waals surface area contributed by atoms with Gasteiger partial charge in [-0.2, -0.15) is 0 Å². The first-order valence-corrected chi connectivity index (χ1v) is 10.3. The third-order valence-corrected chi connectivity index (χ3v) is 5.39. The zero-order valence-electron chi connectivity index (χ0n) is 15.7. The minimum Gasteiger partial charge on any atom is -0.483 e. The fourth-order valence-corrected chi connectivity index (χ4v) is 3.83. The number of anilines is 1. The van der Waals surface area contributed by atoms with Gasteiger partial charge in [0, 0.05) is 24.2 Å². The smallest absolute Gasteiger partial charge is 0.262 e. The third kappa shape index (κ3) is 4.64. The molecule has 3 aromatic rings. The zero-order valence-corrected chi connectivity index (χ0v) is 17.3. The lowest BCUT2D eigenvalue weighted by molar-refractivity contribution is -0.118. The van der Waals surface area contributed by atoms with Crippen molar-refractivity contribution in [3.05, 3.63) is 58.6 Å². The van der Waals surface area contributed by atoms with E-state index in [9.17, 15) is 9.18 Å². The summed E-state index contributed by atoms with van der Waals surface area (Å²) >= 11 is 3.22. The fraction of sp³-hybridized carbons (Fsp3) is 0.286. The molecule has 0 atom stereocenters. The lowest BCUT2D eigenvalue weighted by Crippen LogP contribution is -2.20. The Morgan fingerprint density at radius 2 is 2.07 bits per heavy atom. The molecule has 1 aliphatic rings. The minimum atomic E-state index is -0.378. The number of fused-ring (bicyclic) bond motifs is 1. The Morgan fingerprint density at radius 3 is 2.93 bits per heavy atom. The van der Waals surface area contributed by atoms with Crippen molar-refractivity contribution in [2.24, 2.45) is 0 Å². The molecule has 4 rings (SSSR count). The normalized spacial score (nSPS) is 13.4. The molecule has 2 heterocycles. The molecule has 150 valence electrons. The van der Waals surface area contributed by atoms with Crippen LogP contribution in [0.15, 0.2) is 46.9 Å². The van der Waals surface area contributed by atoms with Gasteiger partial charge in [0.15, 0.2) is 12.4 Å². The number of benzene rings is 2. The molecule has 29 heavy (non-hydrogen) atoms. The number of nitrogens with zero attached hydrogens (tertiary/aromatic N) is 3. The van der Waals surface area contributed by atoms with E-state index in [0.717, 1.165) is 43.0 Å². The van der Waals surface area contributed by atoms with E-state index in [1.807, 2.05) is 24.3 Å². The summed E-state index contributed by atoms with van der Waals surface area (Å²) in [6, 6.07) is 11.6. The molecule has 0 unspecified atom stereocenters. The molecule has 0 saturated carbocycles. The molecule has 2 aromatic carbocycles. The summed E-state index contributed by atoms with van der Waals surface area (Å²) in [7, 11) is 0. The van der Waals surface area contributed by atoms with Crippen LogP contribution in [0.25, 0.3) is 11.4 Å². The predicted octanol–water partition coefficient (Wildman–Crippen LogP) is 4.59. The van der Waals surface area contributed by atoms with Gasteiger partial charge in [0.2, 0.25) is 0 Å². The van der Waals surface area contributed by atoms with E-state index < -0.39 is 0 Å². The number of aryl methyl sites for hydroxylation is 1. The molecule has 0 aliphatic carbocycles. The van der Waals surface area contributed by atoms with Crippen molar-refractivity contribution < 1.29 is 13.9 Å². The molecule has 0 bridgehead atoms. The summed E-state index contributed by atoms with van der Waals surface area (Å²) in [5.74, 6) is 1.56. The zero-order chi connectivity index (χ0) is 20.2. The van der Waals surface area contributed by atoms with Crippen molar-refractivity contribution in [2.75, 3.05) is 11.9 Å². The first-order chi connectivity index (χ1) is 14.1. The van der Waals surface area contributed by atoms with Crippen LogP contribution in [-0.4, -0.2) is 27.3 Å². The van der Waals surface area contributed by atoms with Crippen LogP contribution in [0.3, 0.4) is 0 Å². The molecule has 0 spiro atoms. The maximum Gasteiger partial charge on any atom is 0.262 e. The number of aromatic nitrogens is 3. The van der Waals surface area contributed by atoms with Crippen molar-refractivity contribution in [3.8, 4) is 17.1 Å². The molecule has 8 heteroatoms. The van der Waals surface area contributed by atoms with Gasteiger partial charge in [-0.25, -0.2) is 4.39 Å². The number of ether oxygens (including phenoxy) is 1. The molecule has 1 amide bonds.